The summed E-state index contributed by atoms with van der Waals surface area (Å²) in [6, 6.07) is 13.1. The zero-order chi connectivity index (χ0) is 16.4. The number of thioether (sulfide) groups is 1. The lowest BCUT2D eigenvalue weighted by Gasteiger charge is -2.04. The third kappa shape index (κ3) is 3.35. The van der Waals surface area contributed by atoms with Crippen LogP contribution in [0.15, 0.2) is 47.6 Å². The van der Waals surface area contributed by atoms with E-state index in [1.807, 2.05) is 37.4 Å². The summed E-state index contributed by atoms with van der Waals surface area (Å²) in [6.07, 6.45) is 0. The predicted octanol–water partition coefficient (Wildman–Crippen LogP) is 4.31. The number of aryl methyl sites for hydroxylation is 1. The second-order valence-electron chi connectivity index (χ2n) is 5.06. The van der Waals surface area contributed by atoms with E-state index < -0.39 is 0 Å². The molecule has 0 saturated heterocycles. The molecule has 6 heteroatoms. The quantitative estimate of drug-likeness (QED) is 0.521. The monoisotopic (exact) mass is 346 g/mol. The van der Waals surface area contributed by atoms with Crippen LogP contribution in [0, 0.1) is 0 Å². The first-order chi connectivity index (χ1) is 11.1. The highest BCUT2D eigenvalue weighted by molar-refractivity contribution is 7.98. The van der Waals surface area contributed by atoms with Crippen LogP contribution in [0.4, 0.5) is 0 Å². The van der Waals surface area contributed by atoms with Gasteiger partial charge in [-0.25, -0.2) is 9.78 Å². The van der Waals surface area contributed by atoms with Crippen LogP contribution >= 0.6 is 23.4 Å². The van der Waals surface area contributed by atoms with E-state index in [1.54, 1.807) is 23.9 Å². The smallest absolute Gasteiger partial charge is 0.337 e. The Balaban J connectivity index is 1.75. The Morgan fingerprint density at radius 2 is 2.00 bits per heavy atom. The maximum absolute atomic E-state index is 11.4. The van der Waals surface area contributed by atoms with Gasteiger partial charge in [-0.3, -0.25) is 0 Å². The van der Waals surface area contributed by atoms with Crippen molar-refractivity contribution in [2.24, 2.45) is 7.05 Å². The van der Waals surface area contributed by atoms with E-state index in [0.29, 0.717) is 10.6 Å². The van der Waals surface area contributed by atoms with E-state index >= 15 is 0 Å². The fourth-order valence-electron chi connectivity index (χ4n) is 2.28. The van der Waals surface area contributed by atoms with Crippen LogP contribution < -0.4 is 0 Å². The van der Waals surface area contributed by atoms with Crippen molar-refractivity contribution < 1.29 is 9.53 Å². The number of methoxy groups -OCH3 is 1. The molecule has 0 spiro atoms. The first-order valence-electron chi connectivity index (χ1n) is 7.00. The molecule has 3 rings (SSSR count). The first-order valence-corrected chi connectivity index (χ1v) is 8.37. The van der Waals surface area contributed by atoms with Crippen LogP contribution in [0.25, 0.3) is 11.0 Å². The molecule has 1 heterocycles. The number of aromatic nitrogens is 2. The summed E-state index contributed by atoms with van der Waals surface area (Å²) in [5.74, 6) is 0.447. The van der Waals surface area contributed by atoms with Gasteiger partial charge in [-0.2, -0.15) is 0 Å². The van der Waals surface area contributed by atoms with Gasteiger partial charge in [0.1, 0.15) is 0 Å². The van der Waals surface area contributed by atoms with Crippen molar-refractivity contribution in [3.8, 4) is 0 Å². The predicted molar refractivity (Wildman–Crippen MR) is 93.1 cm³/mol. The molecule has 0 fully saturated rings. The summed E-state index contributed by atoms with van der Waals surface area (Å²) in [5, 5.41) is 1.62. The molecule has 0 saturated carbocycles. The molecule has 0 radical (unpaired) electrons. The van der Waals surface area contributed by atoms with E-state index in [4.69, 9.17) is 16.3 Å². The molecular weight excluding hydrogens is 332 g/mol. The molecule has 4 nitrogen and oxygen atoms in total. The van der Waals surface area contributed by atoms with Crippen molar-refractivity contribution in [3.05, 3.63) is 58.6 Å². The van der Waals surface area contributed by atoms with Gasteiger partial charge < -0.3 is 9.30 Å². The van der Waals surface area contributed by atoms with Crippen LogP contribution in [-0.4, -0.2) is 22.6 Å². The van der Waals surface area contributed by atoms with Gasteiger partial charge in [0.05, 0.1) is 23.7 Å². The van der Waals surface area contributed by atoms with E-state index in [2.05, 4.69) is 9.55 Å². The molecule has 0 atom stereocenters. The van der Waals surface area contributed by atoms with Crippen molar-refractivity contribution in [2.75, 3.05) is 7.11 Å². The number of halogens is 1. The normalized spacial score (nSPS) is 10.9. The Morgan fingerprint density at radius 3 is 2.70 bits per heavy atom. The van der Waals surface area contributed by atoms with Gasteiger partial charge in [0.2, 0.25) is 0 Å². The number of rotatable bonds is 4. The molecule has 0 aliphatic carbocycles. The first kappa shape index (κ1) is 15.9. The Hall–Kier alpha value is -1.98. The van der Waals surface area contributed by atoms with Crippen LogP contribution in [0.2, 0.25) is 5.02 Å². The van der Waals surface area contributed by atoms with Crippen LogP contribution in [0.3, 0.4) is 0 Å². The lowest BCUT2D eigenvalue weighted by molar-refractivity contribution is 0.0600. The van der Waals surface area contributed by atoms with Gasteiger partial charge in [-0.1, -0.05) is 35.5 Å². The lowest BCUT2D eigenvalue weighted by Crippen LogP contribution is -2.00. The maximum Gasteiger partial charge on any atom is 0.337 e. The van der Waals surface area contributed by atoms with Gasteiger partial charge in [0.15, 0.2) is 5.16 Å². The van der Waals surface area contributed by atoms with Gasteiger partial charge in [-0.05, 0) is 35.9 Å². The zero-order valence-corrected chi connectivity index (χ0v) is 14.3. The molecule has 0 aliphatic rings. The highest BCUT2D eigenvalue weighted by Gasteiger charge is 2.09. The van der Waals surface area contributed by atoms with E-state index in [1.165, 1.54) is 7.11 Å². The standard InChI is InChI=1S/C17H15ClN2O2S/c1-20-15-8-7-13(18)9-14(15)19-17(20)23-10-11-3-5-12(6-4-11)16(21)22-2/h3-9H,10H2,1-2H3. The Morgan fingerprint density at radius 1 is 1.26 bits per heavy atom. The highest BCUT2D eigenvalue weighted by Crippen LogP contribution is 2.27. The minimum Gasteiger partial charge on any atom is -0.465 e. The van der Waals surface area contributed by atoms with Crippen molar-refractivity contribution in [3.63, 3.8) is 0 Å². The van der Waals surface area contributed by atoms with Crippen molar-refractivity contribution in [1.82, 2.24) is 9.55 Å². The van der Waals surface area contributed by atoms with E-state index in [-0.39, 0.29) is 5.97 Å². The molecule has 0 aliphatic heterocycles. The summed E-state index contributed by atoms with van der Waals surface area (Å²) < 4.78 is 6.75. The average molecular weight is 347 g/mol. The van der Waals surface area contributed by atoms with Gasteiger partial charge in [0, 0.05) is 17.8 Å². The highest BCUT2D eigenvalue weighted by atomic mass is 35.5. The molecule has 0 bridgehead atoms. The van der Waals surface area contributed by atoms with Crippen LogP contribution in [0.1, 0.15) is 15.9 Å². The summed E-state index contributed by atoms with van der Waals surface area (Å²) in [5.41, 5.74) is 3.62. The number of ether oxygens (including phenoxy) is 1. The number of nitrogens with zero attached hydrogens (tertiary/aromatic N) is 2. The summed E-state index contributed by atoms with van der Waals surface area (Å²) in [7, 11) is 3.37. The Bertz CT molecular complexity index is 859. The third-order valence-electron chi connectivity index (χ3n) is 3.54. The largest absolute Gasteiger partial charge is 0.465 e. The number of benzene rings is 2. The van der Waals surface area contributed by atoms with Crippen molar-refractivity contribution in [2.45, 2.75) is 10.9 Å². The molecule has 2 aromatic carbocycles. The van der Waals surface area contributed by atoms with Crippen molar-refractivity contribution >= 4 is 40.4 Å². The Labute approximate surface area is 143 Å². The summed E-state index contributed by atoms with van der Waals surface area (Å²) >= 11 is 7.66. The fraction of sp³-hybridized carbons (Fsp3) is 0.176. The van der Waals surface area contributed by atoms with E-state index in [0.717, 1.165) is 27.5 Å². The molecule has 1 aromatic heterocycles. The number of carbonyl (C=O) groups excluding carboxylic acids is 1. The van der Waals surface area contributed by atoms with Gasteiger partial charge >= 0.3 is 5.97 Å². The number of hydrogen-bond donors (Lipinski definition) is 0. The minimum absolute atomic E-state index is 0.323. The van der Waals surface area contributed by atoms with Gasteiger partial charge in [-0.15, -0.1) is 0 Å². The SMILES string of the molecule is COC(=O)c1ccc(CSc2nc3cc(Cl)ccc3n2C)cc1. The number of esters is 1. The van der Waals surface area contributed by atoms with Crippen LogP contribution in [-0.2, 0) is 17.5 Å². The molecule has 0 unspecified atom stereocenters. The second-order valence-corrected chi connectivity index (χ2v) is 6.44. The van der Waals surface area contributed by atoms with Crippen molar-refractivity contribution in [1.29, 1.82) is 0 Å². The molecular formula is C17H15ClN2O2S. The van der Waals surface area contributed by atoms with Gasteiger partial charge in [0.25, 0.3) is 0 Å². The summed E-state index contributed by atoms with van der Waals surface area (Å²) in [6.45, 7) is 0. The molecule has 3 aromatic rings. The molecule has 118 valence electrons. The number of imidazole rings is 1. The molecule has 23 heavy (non-hydrogen) atoms. The maximum atomic E-state index is 11.4. The van der Waals surface area contributed by atoms with E-state index in [9.17, 15) is 4.79 Å². The second kappa shape index (κ2) is 6.64. The lowest BCUT2D eigenvalue weighted by atomic mass is 10.1. The molecule has 0 N–H and O–H groups in total. The summed E-state index contributed by atoms with van der Waals surface area (Å²) in [4.78, 5) is 16.0. The topological polar surface area (TPSA) is 44.1 Å². The molecule has 0 amide bonds. The Kier molecular flexibility index (Phi) is 4.59. The number of carbonyl (C=O) groups is 1. The fourth-order valence-corrected chi connectivity index (χ4v) is 3.39. The number of fused-ring (bicyclic) bond motifs is 1. The zero-order valence-electron chi connectivity index (χ0n) is 12.7. The minimum atomic E-state index is -0.323. The number of hydrogen-bond acceptors (Lipinski definition) is 4. The van der Waals surface area contributed by atoms with Crippen LogP contribution in [0.5, 0.6) is 0 Å². The third-order valence-corrected chi connectivity index (χ3v) is 4.88. The average Bonchev–Trinajstić information content (AvgIpc) is 2.88.